The van der Waals surface area contributed by atoms with Gasteiger partial charge in [-0.2, -0.15) is 0 Å². The number of carbonyl (C=O) groups excluding carboxylic acids is 1. The van der Waals surface area contributed by atoms with Crippen molar-refractivity contribution in [3.63, 3.8) is 0 Å². The van der Waals surface area contributed by atoms with E-state index >= 15 is 0 Å². The number of nitrogens with one attached hydrogen (secondary N) is 1. The van der Waals surface area contributed by atoms with E-state index in [-0.39, 0.29) is 11.9 Å². The SMILES string of the molecule is CCN(CC(=O)NC(C)CCC(C)C)C1CCC(N)CC1. The summed E-state index contributed by atoms with van der Waals surface area (Å²) in [6.07, 6.45) is 6.67. The van der Waals surface area contributed by atoms with Gasteiger partial charge in [-0.05, 0) is 57.9 Å². The van der Waals surface area contributed by atoms with E-state index in [0.29, 0.717) is 24.5 Å². The van der Waals surface area contributed by atoms with Crippen LogP contribution in [-0.2, 0) is 4.79 Å². The quantitative estimate of drug-likeness (QED) is 0.724. The van der Waals surface area contributed by atoms with Crippen molar-refractivity contribution in [3.05, 3.63) is 0 Å². The topological polar surface area (TPSA) is 58.4 Å². The molecule has 0 heterocycles. The van der Waals surface area contributed by atoms with Gasteiger partial charge in [0.2, 0.25) is 5.91 Å². The lowest BCUT2D eigenvalue weighted by Gasteiger charge is -2.35. The van der Waals surface area contributed by atoms with E-state index in [1.807, 2.05) is 0 Å². The third-order valence-electron chi connectivity index (χ3n) is 4.60. The lowest BCUT2D eigenvalue weighted by Crippen LogP contribution is -2.47. The molecule has 0 spiro atoms. The molecule has 0 radical (unpaired) electrons. The van der Waals surface area contributed by atoms with Gasteiger partial charge in [0, 0.05) is 18.1 Å². The van der Waals surface area contributed by atoms with E-state index in [1.165, 1.54) is 6.42 Å². The van der Waals surface area contributed by atoms with Gasteiger partial charge in [-0.15, -0.1) is 0 Å². The van der Waals surface area contributed by atoms with Crippen molar-refractivity contribution < 1.29 is 4.79 Å². The smallest absolute Gasteiger partial charge is 0.234 e. The summed E-state index contributed by atoms with van der Waals surface area (Å²) in [6.45, 7) is 10.2. The number of nitrogens with zero attached hydrogens (tertiary/aromatic N) is 1. The van der Waals surface area contributed by atoms with Gasteiger partial charge < -0.3 is 11.1 Å². The maximum atomic E-state index is 12.2. The molecule has 1 aliphatic carbocycles. The molecule has 0 aromatic heterocycles. The molecule has 0 aromatic carbocycles. The molecule has 1 rings (SSSR count). The van der Waals surface area contributed by atoms with Gasteiger partial charge >= 0.3 is 0 Å². The summed E-state index contributed by atoms with van der Waals surface area (Å²) in [4.78, 5) is 14.5. The highest BCUT2D eigenvalue weighted by Gasteiger charge is 2.24. The largest absolute Gasteiger partial charge is 0.353 e. The highest BCUT2D eigenvalue weighted by atomic mass is 16.2. The number of amides is 1. The summed E-state index contributed by atoms with van der Waals surface area (Å²) in [6, 6.07) is 1.18. The molecule has 0 aliphatic heterocycles. The molecular formula is C17H35N3O. The van der Waals surface area contributed by atoms with Crippen LogP contribution in [0, 0.1) is 5.92 Å². The zero-order chi connectivity index (χ0) is 15.8. The second-order valence-electron chi connectivity index (χ2n) is 7.07. The van der Waals surface area contributed by atoms with Crippen molar-refractivity contribution in [1.82, 2.24) is 10.2 Å². The van der Waals surface area contributed by atoms with Gasteiger partial charge in [0.05, 0.1) is 6.54 Å². The predicted octanol–water partition coefficient (Wildman–Crippen LogP) is 2.52. The molecule has 1 amide bonds. The number of hydrogen-bond acceptors (Lipinski definition) is 3. The van der Waals surface area contributed by atoms with E-state index in [4.69, 9.17) is 5.73 Å². The molecular weight excluding hydrogens is 262 g/mol. The highest BCUT2D eigenvalue weighted by Crippen LogP contribution is 2.21. The van der Waals surface area contributed by atoms with E-state index < -0.39 is 0 Å². The van der Waals surface area contributed by atoms with Crippen LogP contribution >= 0.6 is 0 Å². The molecule has 3 N–H and O–H groups in total. The first-order valence-electron chi connectivity index (χ1n) is 8.71. The van der Waals surface area contributed by atoms with E-state index in [2.05, 4.69) is 37.9 Å². The molecule has 1 aliphatic rings. The number of carbonyl (C=O) groups is 1. The Kier molecular flexibility index (Phi) is 8.27. The third kappa shape index (κ3) is 7.28. The number of rotatable bonds is 8. The van der Waals surface area contributed by atoms with Crippen molar-refractivity contribution in [1.29, 1.82) is 0 Å². The Bertz CT molecular complexity index is 298. The van der Waals surface area contributed by atoms with Crippen molar-refractivity contribution in [2.45, 2.75) is 84.3 Å². The monoisotopic (exact) mass is 297 g/mol. The minimum atomic E-state index is 0.169. The summed E-state index contributed by atoms with van der Waals surface area (Å²) in [7, 11) is 0. The van der Waals surface area contributed by atoms with Gasteiger partial charge in [-0.25, -0.2) is 0 Å². The summed E-state index contributed by atoms with van der Waals surface area (Å²) < 4.78 is 0. The average Bonchev–Trinajstić information content (AvgIpc) is 2.43. The highest BCUT2D eigenvalue weighted by molar-refractivity contribution is 5.78. The minimum absolute atomic E-state index is 0.169. The van der Waals surface area contributed by atoms with Crippen LogP contribution in [0.3, 0.4) is 0 Å². The maximum Gasteiger partial charge on any atom is 0.234 e. The van der Waals surface area contributed by atoms with Crippen molar-refractivity contribution >= 4 is 5.91 Å². The molecule has 0 aromatic rings. The van der Waals surface area contributed by atoms with Gasteiger partial charge in [0.15, 0.2) is 0 Å². The van der Waals surface area contributed by atoms with Gasteiger partial charge in [0.25, 0.3) is 0 Å². The van der Waals surface area contributed by atoms with Crippen LogP contribution in [0.5, 0.6) is 0 Å². The summed E-state index contributed by atoms with van der Waals surface area (Å²) in [5.74, 6) is 0.867. The van der Waals surface area contributed by atoms with Crippen LogP contribution in [0.4, 0.5) is 0 Å². The molecule has 0 bridgehead atoms. The first kappa shape index (κ1) is 18.4. The van der Waals surface area contributed by atoms with Gasteiger partial charge in [-0.3, -0.25) is 9.69 Å². The van der Waals surface area contributed by atoms with Crippen molar-refractivity contribution in [3.8, 4) is 0 Å². The summed E-state index contributed by atoms with van der Waals surface area (Å²) >= 11 is 0. The number of likely N-dealkylation sites (N-methyl/N-ethyl adjacent to an activating group) is 1. The molecule has 4 nitrogen and oxygen atoms in total. The Balaban J connectivity index is 2.33. The zero-order valence-electron chi connectivity index (χ0n) is 14.4. The van der Waals surface area contributed by atoms with Crippen molar-refractivity contribution in [2.75, 3.05) is 13.1 Å². The summed E-state index contributed by atoms with van der Waals surface area (Å²) in [5.41, 5.74) is 5.97. The molecule has 4 heteroatoms. The maximum absolute atomic E-state index is 12.2. The number of hydrogen-bond donors (Lipinski definition) is 2. The van der Waals surface area contributed by atoms with Crippen LogP contribution < -0.4 is 11.1 Å². The number of nitrogens with two attached hydrogens (primary N) is 1. The van der Waals surface area contributed by atoms with E-state index in [9.17, 15) is 4.79 Å². The van der Waals surface area contributed by atoms with Crippen LogP contribution in [0.25, 0.3) is 0 Å². The second kappa shape index (κ2) is 9.42. The van der Waals surface area contributed by atoms with Gasteiger partial charge in [0.1, 0.15) is 0 Å². The minimum Gasteiger partial charge on any atom is -0.353 e. The first-order valence-corrected chi connectivity index (χ1v) is 8.71. The van der Waals surface area contributed by atoms with Gasteiger partial charge in [-0.1, -0.05) is 20.8 Å². The fourth-order valence-corrected chi connectivity index (χ4v) is 3.13. The first-order chi connectivity index (χ1) is 9.92. The lowest BCUT2D eigenvalue weighted by atomic mass is 9.90. The molecule has 1 atom stereocenters. The van der Waals surface area contributed by atoms with E-state index in [0.717, 1.165) is 38.6 Å². The molecule has 21 heavy (non-hydrogen) atoms. The zero-order valence-corrected chi connectivity index (χ0v) is 14.4. The van der Waals surface area contributed by atoms with Crippen LogP contribution in [-0.4, -0.2) is 42.0 Å². The summed E-state index contributed by atoms with van der Waals surface area (Å²) in [5, 5.41) is 3.14. The van der Waals surface area contributed by atoms with Crippen molar-refractivity contribution in [2.24, 2.45) is 11.7 Å². The lowest BCUT2D eigenvalue weighted by molar-refractivity contribution is -0.123. The van der Waals surface area contributed by atoms with E-state index in [1.54, 1.807) is 0 Å². The normalized spacial score (nSPS) is 24.3. The molecule has 124 valence electrons. The fourth-order valence-electron chi connectivity index (χ4n) is 3.13. The Morgan fingerprint density at radius 1 is 1.19 bits per heavy atom. The van der Waals surface area contributed by atoms with Crippen LogP contribution in [0.2, 0.25) is 0 Å². The molecule has 1 saturated carbocycles. The Morgan fingerprint density at radius 2 is 1.81 bits per heavy atom. The Labute approximate surface area is 130 Å². The second-order valence-corrected chi connectivity index (χ2v) is 7.07. The fraction of sp³-hybridized carbons (Fsp3) is 0.941. The Morgan fingerprint density at radius 3 is 2.33 bits per heavy atom. The standard InChI is InChI=1S/C17H35N3O/c1-5-20(16-10-8-15(18)9-11-16)12-17(21)19-14(4)7-6-13(2)3/h13-16H,5-12,18H2,1-4H3,(H,19,21). The molecule has 1 unspecified atom stereocenters. The average molecular weight is 297 g/mol. The van der Waals surface area contributed by atoms with Crippen LogP contribution in [0.15, 0.2) is 0 Å². The molecule has 1 fully saturated rings. The molecule has 0 saturated heterocycles. The Hall–Kier alpha value is -0.610. The third-order valence-corrected chi connectivity index (χ3v) is 4.60. The van der Waals surface area contributed by atoms with Crippen LogP contribution in [0.1, 0.15) is 66.2 Å². The predicted molar refractivity (Wildman–Crippen MR) is 89.2 cm³/mol.